The van der Waals surface area contributed by atoms with Crippen LogP contribution in [0.15, 0.2) is 18.2 Å². The van der Waals surface area contributed by atoms with Gasteiger partial charge in [0.25, 0.3) is 0 Å². The molecule has 0 fully saturated rings. The van der Waals surface area contributed by atoms with Crippen LogP contribution >= 0.6 is 0 Å². The minimum Gasteiger partial charge on any atom is -0.506 e. The maximum absolute atomic E-state index is 11.6. The van der Waals surface area contributed by atoms with E-state index < -0.39 is 12.1 Å². The summed E-state index contributed by atoms with van der Waals surface area (Å²) in [5.74, 6) is -0.739. The fourth-order valence-corrected chi connectivity index (χ4v) is 0.730. The van der Waals surface area contributed by atoms with Crippen molar-refractivity contribution in [3.63, 3.8) is 0 Å². The summed E-state index contributed by atoms with van der Waals surface area (Å²) >= 11 is 0. The summed E-state index contributed by atoms with van der Waals surface area (Å²) in [5, 5.41) is 8.88. The van der Waals surface area contributed by atoms with Gasteiger partial charge in [-0.1, -0.05) is 0 Å². The van der Waals surface area contributed by atoms with Gasteiger partial charge in [0.2, 0.25) is 0 Å². The number of rotatable bonds is 1. The smallest absolute Gasteiger partial charge is 0.506 e. The number of halogens is 3. The summed E-state index contributed by atoms with van der Waals surface area (Å²) in [7, 11) is 0. The molecule has 1 aromatic carbocycles. The molecule has 6 heteroatoms. The average molecular weight is 193 g/mol. The quantitative estimate of drug-likeness (QED) is 0.528. The Morgan fingerprint density at radius 3 is 2.38 bits per heavy atom. The van der Waals surface area contributed by atoms with Crippen LogP contribution in [0.2, 0.25) is 0 Å². The maximum atomic E-state index is 11.6. The highest BCUT2D eigenvalue weighted by Crippen LogP contribution is 2.28. The minimum absolute atomic E-state index is 0.165. The molecular weight excluding hydrogens is 187 g/mol. The van der Waals surface area contributed by atoms with Gasteiger partial charge >= 0.3 is 6.36 Å². The molecule has 0 aliphatic heterocycles. The van der Waals surface area contributed by atoms with E-state index in [2.05, 4.69) is 4.74 Å². The molecule has 0 amide bonds. The molecule has 0 aliphatic carbocycles. The van der Waals surface area contributed by atoms with E-state index in [0.717, 1.165) is 18.2 Å². The van der Waals surface area contributed by atoms with Gasteiger partial charge in [0, 0.05) is 6.07 Å². The van der Waals surface area contributed by atoms with Crippen LogP contribution < -0.4 is 10.5 Å². The van der Waals surface area contributed by atoms with E-state index in [1.807, 2.05) is 0 Å². The van der Waals surface area contributed by atoms with E-state index in [-0.39, 0.29) is 11.4 Å². The van der Waals surface area contributed by atoms with Crippen LogP contribution in [0.3, 0.4) is 0 Å². The Bertz CT molecular complexity index is 311. The van der Waals surface area contributed by atoms with E-state index in [1.165, 1.54) is 0 Å². The van der Waals surface area contributed by atoms with Crippen molar-refractivity contribution in [3.8, 4) is 11.5 Å². The number of nitrogen functional groups attached to an aromatic ring is 1. The Balaban J connectivity index is 2.86. The number of aromatic hydroxyl groups is 1. The van der Waals surface area contributed by atoms with Crippen LogP contribution in [0, 0.1) is 0 Å². The summed E-state index contributed by atoms with van der Waals surface area (Å²) in [6, 6.07) is 2.89. The summed E-state index contributed by atoms with van der Waals surface area (Å²) in [6.07, 6.45) is -4.75. The molecule has 1 aromatic rings. The molecule has 1 rings (SSSR count). The lowest BCUT2D eigenvalue weighted by Gasteiger charge is -2.09. The molecule has 0 aliphatic rings. The molecule has 0 heterocycles. The number of phenols is 1. The van der Waals surface area contributed by atoms with Crippen molar-refractivity contribution >= 4 is 5.69 Å². The molecule has 0 atom stereocenters. The Kier molecular flexibility index (Phi) is 2.22. The lowest BCUT2D eigenvalue weighted by Crippen LogP contribution is -2.17. The number of ether oxygens (including phenoxy) is 1. The summed E-state index contributed by atoms with van der Waals surface area (Å²) in [6.45, 7) is 0. The average Bonchev–Trinajstić information content (AvgIpc) is 1.94. The van der Waals surface area contributed by atoms with Crippen LogP contribution in [-0.4, -0.2) is 11.5 Å². The van der Waals surface area contributed by atoms with Crippen molar-refractivity contribution in [2.75, 3.05) is 5.73 Å². The van der Waals surface area contributed by atoms with Crippen molar-refractivity contribution in [2.45, 2.75) is 6.36 Å². The number of alkyl halides is 3. The molecule has 72 valence electrons. The van der Waals surface area contributed by atoms with E-state index >= 15 is 0 Å². The summed E-state index contributed by atoms with van der Waals surface area (Å²) < 4.78 is 38.5. The van der Waals surface area contributed by atoms with Gasteiger partial charge in [0.15, 0.2) is 0 Å². The predicted octanol–water partition coefficient (Wildman–Crippen LogP) is 1.87. The van der Waals surface area contributed by atoms with Crippen LogP contribution in [0.25, 0.3) is 0 Å². The summed E-state index contributed by atoms with van der Waals surface area (Å²) in [5.41, 5.74) is 4.98. The van der Waals surface area contributed by atoms with Crippen LogP contribution in [-0.2, 0) is 0 Å². The molecule has 3 N–H and O–H groups in total. The molecule has 0 bridgehead atoms. The predicted molar refractivity (Wildman–Crippen MR) is 39.2 cm³/mol. The fourth-order valence-electron chi connectivity index (χ4n) is 0.730. The van der Waals surface area contributed by atoms with Crippen molar-refractivity contribution in [1.82, 2.24) is 0 Å². The Hall–Kier alpha value is -1.59. The van der Waals surface area contributed by atoms with Gasteiger partial charge in [-0.25, -0.2) is 0 Å². The van der Waals surface area contributed by atoms with Gasteiger partial charge < -0.3 is 15.6 Å². The monoisotopic (exact) mass is 193 g/mol. The minimum atomic E-state index is -4.75. The van der Waals surface area contributed by atoms with Gasteiger partial charge in [0.1, 0.15) is 11.5 Å². The van der Waals surface area contributed by atoms with E-state index in [9.17, 15) is 13.2 Å². The zero-order valence-corrected chi connectivity index (χ0v) is 6.30. The number of hydrogen-bond donors (Lipinski definition) is 2. The second-order valence-corrected chi connectivity index (χ2v) is 2.27. The zero-order valence-electron chi connectivity index (χ0n) is 6.30. The standard InChI is InChI=1S/C7H6F3NO2/c8-7(9,10)13-4-1-2-6(12)5(11)3-4/h1-3,12H,11H2. The van der Waals surface area contributed by atoms with Gasteiger partial charge in [-0.05, 0) is 12.1 Å². The van der Waals surface area contributed by atoms with Gasteiger partial charge in [-0.2, -0.15) is 0 Å². The number of phenolic OH excluding ortho intramolecular Hbond substituents is 1. The third-order valence-corrected chi connectivity index (χ3v) is 1.23. The second kappa shape index (κ2) is 3.04. The molecule has 13 heavy (non-hydrogen) atoms. The second-order valence-electron chi connectivity index (χ2n) is 2.27. The number of benzene rings is 1. The largest absolute Gasteiger partial charge is 0.573 e. The van der Waals surface area contributed by atoms with Gasteiger partial charge in [-0.15, -0.1) is 13.2 Å². The van der Waals surface area contributed by atoms with Crippen LogP contribution in [0.1, 0.15) is 0 Å². The molecule has 0 spiro atoms. The molecular formula is C7H6F3NO2. The number of anilines is 1. The van der Waals surface area contributed by atoms with Gasteiger partial charge in [-0.3, -0.25) is 0 Å². The van der Waals surface area contributed by atoms with Crippen molar-refractivity contribution in [1.29, 1.82) is 0 Å². The van der Waals surface area contributed by atoms with Crippen LogP contribution in [0.4, 0.5) is 18.9 Å². The molecule has 0 aromatic heterocycles. The Morgan fingerprint density at radius 2 is 1.92 bits per heavy atom. The lowest BCUT2D eigenvalue weighted by molar-refractivity contribution is -0.274. The first-order chi connectivity index (χ1) is 5.88. The van der Waals surface area contributed by atoms with Crippen molar-refractivity contribution < 1.29 is 23.0 Å². The Labute approximate surface area is 71.5 Å². The van der Waals surface area contributed by atoms with Crippen LogP contribution in [0.5, 0.6) is 11.5 Å². The highest BCUT2D eigenvalue weighted by molar-refractivity contribution is 5.55. The van der Waals surface area contributed by atoms with E-state index in [0.29, 0.717) is 0 Å². The lowest BCUT2D eigenvalue weighted by atomic mass is 10.3. The number of hydrogen-bond acceptors (Lipinski definition) is 3. The van der Waals surface area contributed by atoms with Gasteiger partial charge in [0.05, 0.1) is 5.69 Å². The molecule has 0 saturated carbocycles. The molecule has 3 nitrogen and oxygen atoms in total. The maximum Gasteiger partial charge on any atom is 0.573 e. The topological polar surface area (TPSA) is 55.5 Å². The first-order valence-electron chi connectivity index (χ1n) is 3.23. The highest BCUT2D eigenvalue weighted by Gasteiger charge is 2.31. The van der Waals surface area contributed by atoms with Crippen molar-refractivity contribution in [2.24, 2.45) is 0 Å². The SMILES string of the molecule is Nc1cc(OC(F)(F)F)ccc1O. The first-order valence-corrected chi connectivity index (χ1v) is 3.23. The zero-order chi connectivity index (χ0) is 10.1. The third-order valence-electron chi connectivity index (χ3n) is 1.23. The van der Waals surface area contributed by atoms with E-state index in [4.69, 9.17) is 10.8 Å². The fraction of sp³-hybridized carbons (Fsp3) is 0.143. The third kappa shape index (κ3) is 2.73. The molecule has 0 saturated heterocycles. The first kappa shape index (κ1) is 9.50. The molecule has 0 unspecified atom stereocenters. The van der Waals surface area contributed by atoms with E-state index in [1.54, 1.807) is 0 Å². The normalized spacial score (nSPS) is 11.3. The number of nitrogens with two attached hydrogens (primary N) is 1. The summed E-state index contributed by atoms with van der Waals surface area (Å²) in [4.78, 5) is 0. The highest BCUT2D eigenvalue weighted by atomic mass is 19.4. The Morgan fingerprint density at radius 1 is 1.31 bits per heavy atom. The van der Waals surface area contributed by atoms with Crippen molar-refractivity contribution in [3.05, 3.63) is 18.2 Å². The molecule has 0 radical (unpaired) electrons.